The first-order valence-corrected chi connectivity index (χ1v) is 4.03. The molecule has 60 valence electrons. The summed E-state index contributed by atoms with van der Waals surface area (Å²) in [6.45, 7) is 3.60. The fourth-order valence-corrected chi connectivity index (χ4v) is 1.30. The van der Waals surface area contributed by atoms with Gasteiger partial charge in [0, 0.05) is 17.5 Å². The third kappa shape index (κ3) is 1.51. The molecule has 0 saturated heterocycles. The Morgan fingerprint density at radius 1 is 1.73 bits per heavy atom. The highest BCUT2D eigenvalue weighted by atomic mass is 35.5. The van der Waals surface area contributed by atoms with E-state index < -0.39 is 0 Å². The second-order valence-corrected chi connectivity index (χ2v) is 2.92. The van der Waals surface area contributed by atoms with Crippen LogP contribution in [0, 0.1) is 5.92 Å². The van der Waals surface area contributed by atoms with E-state index in [4.69, 9.17) is 11.6 Å². The molecule has 1 atom stereocenters. The summed E-state index contributed by atoms with van der Waals surface area (Å²) in [5.41, 5.74) is 1.48. The van der Waals surface area contributed by atoms with Crippen LogP contribution in [0.4, 0.5) is 0 Å². The maximum absolute atomic E-state index is 11.3. The number of Topliss-reactive ketones (excluding diaryl/α,β-unsaturated/α-hetero) is 1. The lowest BCUT2D eigenvalue weighted by Crippen LogP contribution is -2.25. The lowest BCUT2D eigenvalue weighted by Gasteiger charge is -2.14. The second-order valence-electron chi connectivity index (χ2n) is 2.65. The first-order valence-electron chi connectivity index (χ1n) is 3.50. The maximum Gasteiger partial charge on any atom is 0.168 e. The monoisotopic (exact) mass is 171 g/mol. The van der Waals surface area contributed by atoms with Gasteiger partial charge in [0.2, 0.25) is 0 Å². The molecular weight excluding hydrogens is 162 g/mol. The van der Waals surface area contributed by atoms with Gasteiger partial charge in [-0.3, -0.25) is 9.79 Å². The van der Waals surface area contributed by atoms with Crippen LogP contribution in [-0.4, -0.2) is 17.4 Å². The Morgan fingerprint density at radius 2 is 2.36 bits per heavy atom. The van der Waals surface area contributed by atoms with Crippen LogP contribution < -0.4 is 0 Å². The van der Waals surface area contributed by atoms with Crippen molar-refractivity contribution in [1.82, 2.24) is 0 Å². The molecule has 0 aliphatic carbocycles. The zero-order valence-electron chi connectivity index (χ0n) is 6.60. The van der Waals surface area contributed by atoms with Crippen LogP contribution in [0.1, 0.15) is 13.8 Å². The number of hydrogen-bond donors (Lipinski definition) is 0. The Kier molecular flexibility index (Phi) is 2.45. The molecule has 1 heterocycles. The summed E-state index contributed by atoms with van der Waals surface area (Å²) in [6, 6.07) is 0. The lowest BCUT2D eigenvalue weighted by molar-refractivity contribution is -0.117. The minimum atomic E-state index is -0.127. The molecular formula is C8H10ClNO. The van der Waals surface area contributed by atoms with Crippen molar-refractivity contribution < 1.29 is 4.79 Å². The van der Waals surface area contributed by atoms with Crippen LogP contribution in [0.25, 0.3) is 0 Å². The van der Waals surface area contributed by atoms with E-state index in [1.807, 2.05) is 6.92 Å². The number of rotatable bonds is 1. The van der Waals surface area contributed by atoms with Crippen molar-refractivity contribution >= 4 is 23.1 Å². The van der Waals surface area contributed by atoms with Crippen LogP contribution in [0.5, 0.6) is 0 Å². The summed E-state index contributed by atoms with van der Waals surface area (Å²) in [4.78, 5) is 15.3. The molecule has 1 aliphatic rings. The topological polar surface area (TPSA) is 29.4 Å². The van der Waals surface area contributed by atoms with E-state index in [1.165, 1.54) is 0 Å². The molecule has 3 heteroatoms. The van der Waals surface area contributed by atoms with Gasteiger partial charge in [-0.15, -0.1) is 11.6 Å². The highest BCUT2D eigenvalue weighted by molar-refractivity contribution is 6.32. The van der Waals surface area contributed by atoms with E-state index in [0.29, 0.717) is 11.5 Å². The zero-order valence-corrected chi connectivity index (χ0v) is 7.35. The summed E-state index contributed by atoms with van der Waals surface area (Å²) in [5, 5.41) is 0. The molecule has 11 heavy (non-hydrogen) atoms. The van der Waals surface area contributed by atoms with Gasteiger partial charge >= 0.3 is 0 Å². The fourth-order valence-electron chi connectivity index (χ4n) is 0.998. The van der Waals surface area contributed by atoms with Gasteiger partial charge < -0.3 is 0 Å². The first kappa shape index (κ1) is 8.47. The molecule has 2 nitrogen and oxygen atoms in total. The van der Waals surface area contributed by atoms with Gasteiger partial charge in [0.1, 0.15) is 0 Å². The van der Waals surface area contributed by atoms with E-state index >= 15 is 0 Å². The zero-order chi connectivity index (χ0) is 8.43. The first-order chi connectivity index (χ1) is 5.16. The Bertz CT molecular complexity index is 242. The van der Waals surface area contributed by atoms with E-state index in [1.54, 1.807) is 13.1 Å². The third-order valence-electron chi connectivity index (χ3n) is 1.84. The Balaban J connectivity index is 2.93. The summed E-state index contributed by atoms with van der Waals surface area (Å²) >= 11 is 5.58. The quantitative estimate of drug-likeness (QED) is 0.553. The van der Waals surface area contributed by atoms with Gasteiger partial charge in [0.15, 0.2) is 5.78 Å². The molecule has 0 amide bonds. The van der Waals surface area contributed by atoms with Crippen LogP contribution in [0.3, 0.4) is 0 Å². The predicted octanol–water partition coefficient (Wildman–Crippen LogP) is 1.79. The number of carbonyl (C=O) groups is 1. The van der Waals surface area contributed by atoms with E-state index in [-0.39, 0.29) is 11.7 Å². The summed E-state index contributed by atoms with van der Waals surface area (Å²) in [5.74, 6) is 0.351. The number of hydrogen-bond acceptors (Lipinski definition) is 2. The van der Waals surface area contributed by atoms with Gasteiger partial charge in [-0.2, -0.15) is 0 Å². The van der Waals surface area contributed by atoms with Gasteiger partial charge in [-0.1, -0.05) is 0 Å². The molecule has 0 aromatic carbocycles. The summed E-state index contributed by atoms with van der Waals surface area (Å²) < 4.78 is 0. The largest absolute Gasteiger partial charge is 0.294 e. The van der Waals surface area contributed by atoms with E-state index in [9.17, 15) is 4.79 Å². The van der Waals surface area contributed by atoms with Crippen LogP contribution >= 0.6 is 11.6 Å². The van der Waals surface area contributed by atoms with Gasteiger partial charge in [0.05, 0.1) is 11.8 Å². The Morgan fingerprint density at radius 3 is 2.91 bits per heavy atom. The van der Waals surface area contributed by atoms with Crippen molar-refractivity contribution in [2.45, 2.75) is 13.8 Å². The molecule has 0 radical (unpaired) electrons. The highest BCUT2D eigenvalue weighted by Crippen LogP contribution is 2.14. The van der Waals surface area contributed by atoms with Crippen molar-refractivity contribution in [2.24, 2.45) is 10.9 Å². The Hall–Kier alpha value is -0.630. The molecule has 0 N–H and O–H groups in total. The lowest BCUT2D eigenvalue weighted by atomic mass is 9.95. The minimum absolute atomic E-state index is 0.127. The average molecular weight is 172 g/mol. The number of aliphatic imine (C=N–C) groups is 1. The van der Waals surface area contributed by atoms with Crippen molar-refractivity contribution in [2.75, 3.05) is 5.88 Å². The number of carbonyl (C=O) groups excluding carboxylic acids is 1. The minimum Gasteiger partial charge on any atom is -0.294 e. The third-order valence-corrected chi connectivity index (χ3v) is 2.12. The highest BCUT2D eigenvalue weighted by Gasteiger charge is 2.22. The average Bonchev–Trinajstić information content (AvgIpc) is 2.01. The van der Waals surface area contributed by atoms with Gasteiger partial charge in [0.25, 0.3) is 0 Å². The Labute approximate surface area is 71.0 Å². The van der Waals surface area contributed by atoms with Crippen molar-refractivity contribution in [3.8, 4) is 0 Å². The normalized spacial score (nSPS) is 24.6. The van der Waals surface area contributed by atoms with Crippen molar-refractivity contribution in [1.29, 1.82) is 0 Å². The number of alkyl halides is 1. The molecule has 0 aromatic heterocycles. The van der Waals surface area contributed by atoms with Crippen molar-refractivity contribution in [3.63, 3.8) is 0 Å². The molecule has 0 unspecified atom stereocenters. The summed E-state index contributed by atoms with van der Waals surface area (Å²) in [6.07, 6.45) is 1.58. The molecule has 0 fully saturated rings. The molecule has 0 aromatic rings. The molecule has 1 aliphatic heterocycles. The molecule has 0 spiro atoms. The van der Waals surface area contributed by atoms with E-state index in [0.717, 1.165) is 5.71 Å². The van der Waals surface area contributed by atoms with Gasteiger partial charge in [-0.25, -0.2) is 0 Å². The smallest absolute Gasteiger partial charge is 0.168 e. The number of nitrogens with zero attached hydrogens (tertiary/aromatic N) is 1. The van der Waals surface area contributed by atoms with Crippen LogP contribution in [-0.2, 0) is 4.79 Å². The number of halogens is 1. The van der Waals surface area contributed by atoms with Crippen LogP contribution in [0.2, 0.25) is 0 Å². The van der Waals surface area contributed by atoms with E-state index in [2.05, 4.69) is 4.99 Å². The SMILES string of the molecule is CC1=CN=C(CCl)[C@@H](C)C1=O. The summed E-state index contributed by atoms with van der Waals surface area (Å²) in [7, 11) is 0. The maximum atomic E-state index is 11.3. The number of allylic oxidation sites excluding steroid dienone is 1. The number of ketones is 1. The molecule has 0 saturated carbocycles. The molecule has 0 bridgehead atoms. The van der Waals surface area contributed by atoms with Crippen LogP contribution in [0.15, 0.2) is 16.8 Å². The standard InChI is InChI=1S/C8H10ClNO/c1-5-4-10-7(3-9)6(2)8(5)11/h4,6H,3H2,1-2H3/t6-/m1/s1. The fraction of sp³-hybridized carbons (Fsp3) is 0.500. The molecule has 1 rings (SSSR count). The second kappa shape index (κ2) is 3.18. The van der Waals surface area contributed by atoms with Crippen molar-refractivity contribution in [3.05, 3.63) is 11.8 Å². The predicted molar refractivity (Wildman–Crippen MR) is 46.1 cm³/mol. The van der Waals surface area contributed by atoms with Gasteiger partial charge in [-0.05, 0) is 13.8 Å².